The number of aryl methyl sites for hydroxylation is 1. The van der Waals surface area contributed by atoms with E-state index in [4.69, 9.17) is 0 Å². The fourth-order valence-electron chi connectivity index (χ4n) is 2.17. The summed E-state index contributed by atoms with van der Waals surface area (Å²) in [7, 11) is 1.84. The smallest absolute Gasteiger partial charge is 0.339 e. The first-order valence-corrected chi connectivity index (χ1v) is 6.83. The van der Waals surface area contributed by atoms with E-state index in [9.17, 15) is 9.90 Å². The molecule has 0 radical (unpaired) electrons. The van der Waals surface area contributed by atoms with Gasteiger partial charge in [-0.25, -0.2) is 4.79 Å². The lowest BCUT2D eigenvalue weighted by Gasteiger charge is -2.20. The molecule has 0 aliphatic carbocycles. The van der Waals surface area contributed by atoms with Crippen molar-refractivity contribution < 1.29 is 9.90 Å². The molecular formula is C16H19N3O2. The third kappa shape index (κ3) is 3.37. The maximum absolute atomic E-state index is 11.5. The van der Waals surface area contributed by atoms with Crippen LogP contribution in [0, 0.1) is 13.8 Å². The highest BCUT2D eigenvalue weighted by Gasteiger charge is 2.20. The van der Waals surface area contributed by atoms with Gasteiger partial charge in [-0.15, -0.1) is 5.10 Å². The van der Waals surface area contributed by atoms with E-state index in [-0.39, 0.29) is 5.56 Å². The van der Waals surface area contributed by atoms with E-state index in [1.165, 1.54) is 5.56 Å². The van der Waals surface area contributed by atoms with E-state index in [1.54, 1.807) is 13.8 Å². The first-order valence-electron chi connectivity index (χ1n) is 6.83. The second-order valence-corrected chi connectivity index (χ2v) is 5.07. The molecule has 0 atom stereocenters. The number of aromatic carboxylic acids is 1. The largest absolute Gasteiger partial charge is 0.478 e. The number of hydrogen-bond donors (Lipinski definition) is 1. The third-order valence-corrected chi connectivity index (χ3v) is 3.59. The quantitative estimate of drug-likeness (QED) is 0.914. The first-order chi connectivity index (χ1) is 10.0. The van der Waals surface area contributed by atoms with Gasteiger partial charge in [0.15, 0.2) is 5.82 Å². The Balaban J connectivity index is 2.21. The molecule has 110 valence electrons. The Hall–Kier alpha value is -2.43. The number of hydrogen-bond acceptors (Lipinski definition) is 4. The molecule has 5 heteroatoms. The Morgan fingerprint density at radius 3 is 2.48 bits per heavy atom. The molecule has 2 aromatic rings. The Morgan fingerprint density at radius 2 is 1.86 bits per heavy atom. The van der Waals surface area contributed by atoms with E-state index in [1.807, 2.05) is 30.1 Å². The zero-order valence-corrected chi connectivity index (χ0v) is 12.5. The standard InChI is InChI=1S/C16H19N3O2/c1-11-12(2)17-18-15(14(11)16(20)21)19(3)10-9-13-7-5-4-6-8-13/h4-8H,9-10H2,1-3H3,(H,20,21). The molecule has 1 aromatic heterocycles. The summed E-state index contributed by atoms with van der Waals surface area (Å²) in [5.74, 6) is -0.548. The lowest BCUT2D eigenvalue weighted by Crippen LogP contribution is -2.25. The van der Waals surface area contributed by atoms with Crippen molar-refractivity contribution in [3.05, 3.63) is 52.7 Å². The van der Waals surface area contributed by atoms with Crippen molar-refractivity contribution in [1.82, 2.24) is 10.2 Å². The van der Waals surface area contributed by atoms with Crippen molar-refractivity contribution in [2.75, 3.05) is 18.5 Å². The molecule has 0 aliphatic rings. The van der Waals surface area contributed by atoms with Crippen LogP contribution in [0.15, 0.2) is 30.3 Å². The number of rotatable bonds is 5. The molecule has 0 aliphatic heterocycles. The fourth-order valence-corrected chi connectivity index (χ4v) is 2.17. The third-order valence-electron chi connectivity index (χ3n) is 3.59. The van der Waals surface area contributed by atoms with E-state index < -0.39 is 5.97 Å². The predicted octanol–water partition coefficient (Wildman–Crippen LogP) is 2.47. The SMILES string of the molecule is Cc1nnc(N(C)CCc2ccccc2)c(C(=O)O)c1C. The van der Waals surface area contributed by atoms with Gasteiger partial charge in [-0.2, -0.15) is 5.10 Å². The van der Waals surface area contributed by atoms with Gasteiger partial charge in [-0.3, -0.25) is 0 Å². The van der Waals surface area contributed by atoms with Crippen LogP contribution < -0.4 is 4.90 Å². The minimum atomic E-state index is -0.966. The molecule has 0 bridgehead atoms. The average molecular weight is 285 g/mol. The van der Waals surface area contributed by atoms with Gasteiger partial charge in [0.05, 0.1) is 5.69 Å². The second-order valence-electron chi connectivity index (χ2n) is 5.07. The van der Waals surface area contributed by atoms with Gasteiger partial charge >= 0.3 is 5.97 Å². The molecule has 2 rings (SSSR count). The normalized spacial score (nSPS) is 10.4. The minimum Gasteiger partial charge on any atom is -0.478 e. The van der Waals surface area contributed by atoms with Crippen molar-refractivity contribution in [3.63, 3.8) is 0 Å². The van der Waals surface area contributed by atoms with Crippen LogP contribution in [0.2, 0.25) is 0 Å². The van der Waals surface area contributed by atoms with Crippen LogP contribution in [0.1, 0.15) is 27.2 Å². The summed E-state index contributed by atoms with van der Waals surface area (Å²) in [5.41, 5.74) is 2.75. The Kier molecular flexibility index (Phi) is 4.52. The molecule has 21 heavy (non-hydrogen) atoms. The molecule has 1 N–H and O–H groups in total. The van der Waals surface area contributed by atoms with Crippen molar-refractivity contribution in [3.8, 4) is 0 Å². The van der Waals surface area contributed by atoms with Gasteiger partial charge in [-0.05, 0) is 31.4 Å². The summed E-state index contributed by atoms with van der Waals surface area (Å²) >= 11 is 0. The van der Waals surface area contributed by atoms with Gasteiger partial charge < -0.3 is 10.0 Å². The van der Waals surface area contributed by atoms with Gasteiger partial charge in [0.2, 0.25) is 0 Å². The van der Waals surface area contributed by atoms with E-state index in [0.717, 1.165) is 6.42 Å². The Bertz CT molecular complexity index is 641. The Morgan fingerprint density at radius 1 is 1.19 bits per heavy atom. The molecule has 1 aromatic carbocycles. The fraction of sp³-hybridized carbons (Fsp3) is 0.312. The number of benzene rings is 1. The summed E-state index contributed by atoms with van der Waals surface area (Å²) < 4.78 is 0. The molecule has 0 unspecified atom stereocenters. The van der Waals surface area contributed by atoms with Gasteiger partial charge in [0, 0.05) is 13.6 Å². The molecule has 0 fully saturated rings. The number of carbonyl (C=O) groups is 1. The van der Waals surface area contributed by atoms with Crippen molar-refractivity contribution in [2.24, 2.45) is 0 Å². The van der Waals surface area contributed by atoms with Crippen LogP contribution in [0.3, 0.4) is 0 Å². The lowest BCUT2D eigenvalue weighted by molar-refractivity contribution is 0.0696. The van der Waals surface area contributed by atoms with E-state index in [0.29, 0.717) is 23.6 Å². The highest BCUT2D eigenvalue weighted by molar-refractivity contribution is 5.95. The summed E-state index contributed by atoms with van der Waals surface area (Å²) in [6.45, 7) is 4.21. The van der Waals surface area contributed by atoms with Gasteiger partial charge in [0.1, 0.15) is 5.56 Å². The summed E-state index contributed by atoms with van der Waals surface area (Å²) in [6, 6.07) is 10.1. The van der Waals surface area contributed by atoms with Crippen LogP contribution in [0.5, 0.6) is 0 Å². The van der Waals surface area contributed by atoms with Crippen LogP contribution in [-0.4, -0.2) is 34.9 Å². The predicted molar refractivity (Wildman–Crippen MR) is 81.9 cm³/mol. The summed E-state index contributed by atoms with van der Waals surface area (Å²) in [5, 5.41) is 17.5. The highest BCUT2D eigenvalue weighted by Crippen LogP contribution is 2.21. The molecular weight excluding hydrogens is 266 g/mol. The molecule has 0 amide bonds. The molecule has 5 nitrogen and oxygen atoms in total. The number of carboxylic acid groups (broad SMARTS) is 1. The number of likely N-dealkylation sites (N-methyl/N-ethyl adjacent to an activating group) is 1. The first kappa shape index (κ1) is 15.0. The van der Waals surface area contributed by atoms with Crippen molar-refractivity contribution >= 4 is 11.8 Å². The van der Waals surface area contributed by atoms with Gasteiger partial charge in [0.25, 0.3) is 0 Å². The monoisotopic (exact) mass is 285 g/mol. The second kappa shape index (κ2) is 6.35. The van der Waals surface area contributed by atoms with Crippen molar-refractivity contribution in [1.29, 1.82) is 0 Å². The minimum absolute atomic E-state index is 0.234. The molecule has 0 saturated heterocycles. The summed E-state index contributed by atoms with van der Waals surface area (Å²) in [6.07, 6.45) is 0.824. The highest BCUT2D eigenvalue weighted by atomic mass is 16.4. The van der Waals surface area contributed by atoms with E-state index in [2.05, 4.69) is 22.3 Å². The molecule has 0 spiro atoms. The topological polar surface area (TPSA) is 66.3 Å². The van der Waals surface area contributed by atoms with Crippen molar-refractivity contribution in [2.45, 2.75) is 20.3 Å². The zero-order valence-electron chi connectivity index (χ0n) is 12.5. The zero-order chi connectivity index (χ0) is 15.4. The summed E-state index contributed by atoms with van der Waals surface area (Å²) in [4.78, 5) is 13.3. The number of carboxylic acids is 1. The lowest BCUT2D eigenvalue weighted by atomic mass is 10.1. The van der Waals surface area contributed by atoms with Crippen LogP contribution in [-0.2, 0) is 6.42 Å². The molecule has 1 heterocycles. The molecule has 0 saturated carbocycles. The number of aromatic nitrogens is 2. The van der Waals surface area contributed by atoms with Crippen LogP contribution in [0.25, 0.3) is 0 Å². The Labute approximate surface area is 124 Å². The van der Waals surface area contributed by atoms with Crippen LogP contribution in [0.4, 0.5) is 5.82 Å². The average Bonchev–Trinajstić information content (AvgIpc) is 2.48. The maximum Gasteiger partial charge on any atom is 0.339 e. The number of nitrogens with zero attached hydrogens (tertiary/aromatic N) is 3. The van der Waals surface area contributed by atoms with E-state index >= 15 is 0 Å². The maximum atomic E-state index is 11.5. The van der Waals surface area contributed by atoms with Gasteiger partial charge in [-0.1, -0.05) is 30.3 Å². The number of anilines is 1. The van der Waals surface area contributed by atoms with Crippen LogP contribution >= 0.6 is 0 Å².